The fraction of sp³-hybridized carbons (Fsp3) is 0.294. The minimum absolute atomic E-state index is 0.0991. The first-order valence-electron chi connectivity index (χ1n) is 7.22. The molecule has 0 N–H and O–H groups in total. The van der Waals surface area contributed by atoms with E-state index in [2.05, 4.69) is 4.98 Å². The number of pyridine rings is 1. The van der Waals surface area contributed by atoms with E-state index in [1.54, 1.807) is 0 Å². The number of Topliss-reactive ketones (excluding diaryl/α,β-unsaturated/α-hetero) is 1. The lowest BCUT2D eigenvalue weighted by Crippen LogP contribution is -2.26. The van der Waals surface area contributed by atoms with Crippen LogP contribution in [0.1, 0.15) is 29.4 Å². The van der Waals surface area contributed by atoms with Gasteiger partial charge in [-0.25, -0.2) is 18.2 Å². The largest absolute Gasteiger partial charge is 0.471 e. The van der Waals surface area contributed by atoms with Gasteiger partial charge in [-0.3, -0.25) is 4.79 Å². The Morgan fingerprint density at radius 1 is 1.30 bits per heavy atom. The van der Waals surface area contributed by atoms with Crippen LogP contribution >= 0.6 is 0 Å². The summed E-state index contributed by atoms with van der Waals surface area (Å²) < 4.78 is 45.6. The molecule has 23 heavy (non-hydrogen) atoms. The Kier molecular flexibility index (Phi) is 4.07. The van der Waals surface area contributed by atoms with Crippen molar-refractivity contribution in [1.82, 2.24) is 4.98 Å². The highest BCUT2D eigenvalue weighted by Crippen LogP contribution is 2.36. The van der Waals surface area contributed by atoms with Gasteiger partial charge >= 0.3 is 0 Å². The van der Waals surface area contributed by atoms with E-state index in [-0.39, 0.29) is 22.9 Å². The maximum Gasteiger partial charge on any atom is 0.218 e. The Balaban J connectivity index is 2.19. The van der Waals surface area contributed by atoms with Gasteiger partial charge in [0.2, 0.25) is 5.88 Å². The normalized spacial score (nSPS) is 16.6. The summed E-state index contributed by atoms with van der Waals surface area (Å²) in [7, 11) is 0. The SMILES string of the molecule is CC(=O)c1cc(-c2ccc(F)cc2F)c2c(n1)O[C@@H](CF)CC2. The number of hydrogen-bond acceptors (Lipinski definition) is 3. The summed E-state index contributed by atoms with van der Waals surface area (Å²) in [6, 6.07) is 4.71. The molecule has 1 aromatic heterocycles. The number of carbonyl (C=O) groups is 1. The molecule has 0 radical (unpaired) electrons. The number of rotatable bonds is 3. The number of halogens is 3. The van der Waals surface area contributed by atoms with E-state index < -0.39 is 24.4 Å². The number of alkyl halides is 1. The number of carbonyl (C=O) groups excluding carboxylic acids is 1. The minimum Gasteiger partial charge on any atom is -0.471 e. The molecular formula is C17H14F3NO2. The highest BCUT2D eigenvalue weighted by atomic mass is 19.1. The van der Waals surface area contributed by atoms with E-state index in [0.29, 0.717) is 24.0 Å². The quantitative estimate of drug-likeness (QED) is 0.805. The molecule has 6 heteroatoms. The molecule has 0 fully saturated rings. The molecule has 0 amide bonds. The topological polar surface area (TPSA) is 39.2 Å². The van der Waals surface area contributed by atoms with Crippen molar-refractivity contribution in [2.24, 2.45) is 0 Å². The lowest BCUT2D eigenvalue weighted by molar-refractivity contribution is 0.100. The summed E-state index contributed by atoms with van der Waals surface area (Å²) >= 11 is 0. The van der Waals surface area contributed by atoms with E-state index in [1.807, 2.05) is 0 Å². The summed E-state index contributed by atoms with van der Waals surface area (Å²) in [6.45, 7) is 0.667. The van der Waals surface area contributed by atoms with Gasteiger partial charge < -0.3 is 4.74 Å². The van der Waals surface area contributed by atoms with Crippen LogP contribution < -0.4 is 4.74 Å². The summed E-state index contributed by atoms with van der Waals surface area (Å²) in [5.41, 5.74) is 1.29. The molecule has 0 spiro atoms. The summed E-state index contributed by atoms with van der Waals surface area (Å²) in [4.78, 5) is 15.8. The Morgan fingerprint density at radius 3 is 2.74 bits per heavy atom. The second kappa shape index (κ2) is 6.02. The number of nitrogens with zero attached hydrogens (tertiary/aromatic N) is 1. The molecule has 2 heterocycles. The van der Waals surface area contributed by atoms with E-state index in [1.165, 1.54) is 19.1 Å². The van der Waals surface area contributed by atoms with Crippen molar-refractivity contribution in [2.45, 2.75) is 25.9 Å². The van der Waals surface area contributed by atoms with Crippen molar-refractivity contribution >= 4 is 5.78 Å². The van der Waals surface area contributed by atoms with Gasteiger partial charge in [-0.15, -0.1) is 0 Å². The molecule has 1 aliphatic heterocycles. The number of ketones is 1. The van der Waals surface area contributed by atoms with E-state index in [9.17, 15) is 18.0 Å². The lowest BCUT2D eigenvalue weighted by atomic mass is 9.94. The number of fused-ring (bicyclic) bond motifs is 1. The second-order valence-corrected chi connectivity index (χ2v) is 5.45. The third-order valence-electron chi connectivity index (χ3n) is 3.84. The van der Waals surface area contributed by atoms with Crippen LogP contribution in [0.5, 0.6) is 5.88 Å². The van der Waals surface area contributed by atoms with Crippen LogP contribution in [0, 0.1) is 11.6 Å². The van der Waals surface area contributed by atoms with Gasteiger partial charge in [-0.05, 0) is 36.6 Å². The molecule has 0 unspecified atom stereocenters. The molecule has 1 atom stereocenters. The van der Waals surface area contributed by atoms with Gasteiger partial charge in [0, 0.05) is 24.1 Å². The first kappa shape index (κ1) is 15.5. The maximum atomic E-state index is 14.1. The Bertz CT molecular complexity index is 777. The number of hydrogen-bond donors (Lipinski definition) is 0. The molecule has 120 valence electrons. The molecule has 3 nitrogen and oxygen atoms in total. The standard InChI is InChI=1S/C17H14F3NO2/c1-9(22)16-7-14(12-4-2-10(19)6-15(12)20)13-5-3-11(8-18)23-17(13)21-16/h2,4,6-7,11H,3,5,8H2,1H3/t11-/m1/s1. The van der Waals surface area contributed by atoms with E-state index in [0.717, 1.165) is 12.1 Å². The molecule has 0 saturated heterocycles. The van der Waals surface area contributed by atoms with Crippen LogP contribution in [-0.2, 0) is 6.42 Å². The fourth-order valence-corrected chi connectivity index (χ4v) is 2.65. The zero-order valence-corrected chi connectivity index (χ0v) is 12.4. The minimum atomic E-state index is -0.736. The molecule has 0 saturated carbocycles. The highest BCUT2D eigenvalue weighted by molar-refractivity contribution is 5.94. The molecule has 0 bridgehead atoms. The van der Waals surface area contributed by atoms with Crippen molar-refractivity contribution in [2.75, 3.05) is 6.67 Å². The highest BCUT2D eigenvalue weighted by Gasteiger charge is 2.26. The average Bonchev–Trinajstić information content (AvgIpc) is 2.53. The van der Waals surface area contributed by atoms with Crippen molar-refractivity contribution in [3.8, 4) is 17.0 Å². The van der Waals surface area contributed by atoms with Crippen LogP contribution in [0.2, 0.25) is 0 Å². The van der Waals surface area contributed by atoms with Crippen LogP contribution in [0.25, 0.3) is 11.1 Å². The molecule has 1 aliphatic rings. The van der Waals surface area contributed by atoms with Gasteiger partial charge in [-0.1, -0.05) is 0 Å². The molecule has 3 rings (SSSR count). The number of ether oxygens (including phenoxy) is 1. The van der Waals surface area contributed by atoms with Crippen LogP contribution in [0.4, 0.5) is 13.2 Å². The van der Waals surface area contributed by atoms with Crippen LogP contribution in [0.3, 0.4) is 0 Å². The third kappa shape index (κ3) is 2.93. The molecular weight excluding hydrogens is 307 g/mol. The molecule has 2 aromatic rings. The maximum absolute atomic E-state index is 14.1. The predicted octanol–water partition coefficient (Wildman–Crippen LogP) is 3.89. The Labute approximate surface area is 131 Å². The van der Waals surface area contributed by atoms with Crippen molar-refractivity contribution in [1.29, 1.82) is 0 Å². The fourth-order valence-electron chi connectivity index (χ4n) is 2.65. The summed E-state index contributed by atoms with van der Waals surface area (Å²) in [5.74, 6) is -1.59. The third-order valence-corrected chi connectivity index (χ3v) is 3.84. The molecule has 0 aliphatic carbocycles. The van der Waals surface area contributed by atoms with E-state index in [4.69, 9.17) is 4.74 Å². The van der Waals surface area contributed by atoms with Gasteiger partial charge in [0.15, 0.2) is 5.78 Å². The smallest absolute Gasteiger partial charge is 0.218 e. The molecule has 1 aromatic carbocycles. The van der Waals surface area contributed by atoms with Gasteiger partial charge in [-0.2, -0.15) is 0 Å². The first-order valence-corrected chi connectivity index (χ1v) is 7.22. The first-order chi connectivity index (χ1) is 11.0. The Hall–Kier alpha value is -2.37. The van der Waals surface area contributed by atoms with Crippen molar-refractivity contribution < 1.29 is 22.7 Å². The lowest BCUT2D eigenvalue weighted by Gasteiger charge is -2.25. The van der Waals surface area contributed by atoms with Gasteiger partial charge in [0.1, 0.15) is 30.1 Å². The summed E-state index contributed by atoms with van der Waals surface area (Å²) in [6.07, 6.45) is 0.255. The summed E-state index contributed by atoms with van der Waals surface area (Å²) in [5, 5.41) is 0. The predicted molar refractivity (Wildman–Crippen MR) is 78.3 cm³/mol. The zero-order valence-electron chi connectivity index (χ0n) is 12.4. The van der Waals surface area contributed by atoms with Gasteiger partial charge in [0.25, 0.3) is 0 Å². The Morgan fingerprint density at radius 2 is 2.09 bits per heavy atom. The monoisotopic (exact) mass is 321 g/mol. The van der Waals surface area contributed by atoms with E-state index >= 15 is 0 Å². The second-order valence-electron chi connectivity index (χ2n) is 5.45. The van der Waals surface area contributed by atoms with Crippen molar-refractivity contribution in [3.63, 3.8) is 0 Å². The number of benzene rings is 1. The van der Waals surface area contributed by atoms with Crippen LogP contribution in [0.15, 0.2) is 24.3 Å². The number of aromatic nitrogens is 1. The average molecular weight is 321 g/mol. The van der Waals surface area contributed by atoms with Crippen LogP contribution in [-0.4, -0.2) is 23.5 Å². The van der Waals surface area contributed by atoms with Gasteiger partial charge in [0.05, 0.1) is 0 Å². The van der Waals surface area contributed by atoms with Crippen molar-refractivity contribution in [3.05, 3.63) is 47.2 Å². The zero-order chi connectivity index (χ0) is 16.6.